The van der Waals surface area contributed by atoms with Gasteiger partial charge in [-0.25, -0.2) is 9.78 Å². The monoisotopic (exact) mass is 263 g/mol. The third kappa shape index (κ3) is 3.36. The number of nitrogen functional groups attached to an aromatic ring is 1. The van der Waals surface area contributed by atoms with Crippen molar-refractivity contribution in [3.63, 3.8) is 0 Å². The number of carbonyl (C=O) groups excluding carboxylic acids is 1. The molecule has 0 aliphatic carbocycles. The predicted octanol–water partition coefficient (Wildman–Crippen LogP) is 2.22. The lowest BCUT2D eigenvalue weighted by atomic mass is 10.1. The zero-order valence-electron chi connectivity index (χ0n) is 11.4. The van der Waals surface area contributed by atoms with Crippen LogP contribution in [0.4, 0.5) is 11.5 Å². The smallest absolute Gasteiger partial charge is 0.341 e. The molecule has 0 saturated carbocycles. The van der Waals surface area contributed by atoms with E-state index in [4.69, 9.17) is 10.5 Å². The Bertz CT molecular complexity index is 440. The van der Waals surface area contributed by atoms with Crippen molar-refractivity contribution < 1.29 is 9.53 Å². The zero-order chi connectivity index (χ0) is 13.7. The first kappa shape index (κ1) is 13.6. The van der Waals surface area contributed by atoms with E-state index in [1.807, 2.05) is 0 Å². The Balaban J connectivity index is 2.28. The van der Waals surface area contributed by atoms with Gasteiger partial charge in [0, 0.05) is 13.1 Å². The van der Waals surface area contributed by atoms with Gasteiger partial charge in [0.05, 0.1) is 19.0 Å². The first-order chi connectivity index (χ1) is 9.22. The van der Waals surface area contributed by atoms with Crippen LogP contribution in [0.5, 0.6) is 0 Å². The van der Waals surface area contributed by atoms with Gasteiger partial charge in [-0.2, -0.15) is 0 Å². The lowest BCUT2D eigenvalue weighted by Gasteiger charge is -2.27. The van der Waals surface area contributed by atoms with Crippen LogP contribution < -0.4 is 10.6 Å². The first-order valence-corrected chi connectivity index (χ1v) is 6.81. The quantitative estimate of drug-likeness (QED) is 0.829. The molecule has 1 aliphatic rings. The van der Waals surface area contributed by atoms with Crippen LogP contribution in [0.25, 0.3) is 0 Å². The summed E-state index contributed by atoms with van der Waals surface area (Å²) < 4.78 is 4.82. The van der Waals surface area contributed by atoms with E-state index in [2.05, 4.69) is 9.88 Å². The molecule has 0 spiro atoms. The second kappa shape index (κ2) is 6.41. The highest BCUT2D eigenvalue weighted by Gasteiger charge is 2.19. The fourth-order valence-electron chi connectivity index (χ4n) is 2.45. The third-order valence-corrected chi connectivity index (χ3v) is 3.45. The number of ether oxygens (including phenoxy) is 1. The van der Waals surface area contributed by atoms with E-state index < -0.39 is 0 Å². The highest BCUT2D eigenvalue weighted by Crippen LogP contribution is 2.23. The maximum Gasteiger partial charge on any atom is 0.341 e. The zero-order valence-corrected chi connectivity index (χ0v) is 11.4. The number of rotatable bonds is 2. The number of aromatic nitrogens is 1. The van der Waals surface area contributed by atoms with Crippen molar-refractivity contribution in [3.8, 4) is 0 Å². The molecule has 0 amide bonds. The minimum absolute atomic E-state index is 0.378. The third-order valence-electron chi connectivity index (χ3n) is 3.45. The summed E-state index contributed by atoms with van der Waals surface area (Å²) >= 11 is 0. The van der Waals surface area contributed by atoms with Crippen molar-refractivity contribution in [1.29, 1.82) is 0 Å². The Hall–Kier alpha value is -1.78. The molecule has 1 aromatic heterocycles. The number of hydrogen-bond acceptors (Lipinski definition) is 5. The Kier molecular flexibility index (Phi) is 4.60. The molecule has 2 N–H and O–H groups in total. The summed E-state index contributed by atoms with van der Waals surface area (Å²) in [5.41, 5.74) is 6.66. The van der Waals surface area contributed by atoms with E-state index in [0.29, 0.717) is 17.1 Å². The van der Waals surface area contributed by atoms with Crippen molar-refractivity contribution in [2.24, 2.45) is 0 Å². The molecule has 1 fully saturated rings. The minimum Gasteiger partial charge on any atom is -0.465 e. The number of nitrogens with zero attached hydrogens (tertiary/aromatic N) is 2. The van der Waals surface area contributed by atoms with Crippen LogP contribution in [0.15, 0.2) is 12.3 Å². The molecule has 2 heterocycles. The Morgan fingerprint density at radius 1 is 1.26 bits per heavy atom. The van der Waals surface area contributed by atoms with Crippen LogP contribution in [-0.4, -0.2) is 31.2 Å². The lowest BCUT2D eigenvalue weighted by Crippen LogP contribution is -2.29. The van der Waals surface area contributed by atoms with E-state index in [9.17, 15) is 4.79 Å². The van der Waals surface area contributed by atoms with Crippen molar-refractivity contribution in [2.75, 3.05) is 30.8 Å². The number of anilines is 2. The fraction of sp³-hybridized carbons (Fsp3) is 0.571. The highest BCUT2D eigenvalue weighted by atomic mass is 16.5. The van der Waals surface area contributed by atoms with E-state index in [1.54, 1.807) is 12.3 Å². The molecule has 5 nitrogen and oxygen atoms in total. The Morgan fingerprint density at radius 3 is 2.53 bits per heavy atom. The van der Waals surface area contributed by atoms with E-state index >= 15 is 0 Å². The van der Waals surface area contributed by atoms with E-state index in [1.165, 1.54) is 26.4 Å². The number of esters is 1. The summed E-state index contributed by atoms with van der Waals surface area (Å²) in [5.74, 6) is 0.319. The van der Waals surface area contributed by atoms with E-state index in [0.717, 1.165) is 25.9 Å². The number of pyridine rings is 1. The highest BCUT2D eigenvalue weighted by molar-refractivity contribution is 5.95. The molecule has 0 atom stereocenters. The van der Waals surface area contributed by atoms with Gasteiger partial charge in [0.2, 0.25) is 0 Å². The van der Waals surface area contributed by atoms with Gasteiger partial charge in [-0.3, -0.25) is 0 Å². The minimum atomic E-state index is -0.378. The second-order valence-corrected chi connectivity index (χ2v) is 4.89. The van der Waals surface area contributed by atoms with Gasteiger partial charge < -0.3 is 15.4 Å². The molecule has 5 heteroatoms. The molecule has 0 bridgehead atoms. The number of carbonyl (C=O) groups is 1. The average Bonchev–Trinajstić information content (AvgIpc) is 2.38. The van der Waals surface area contributed by atoms with Gasteiger partial charge in [0.15, 0.2) is 0 Å². The van der Waals surface area contributed by atoms with E-state index in [-0.39, 0.29) is 5.97 Å². The van der Waals surface area contributed by atoms with Crippen molar-refractivity contribution in [1.82, 2.24) is 4.98 Å². The summed E-state index contributed by atoms with van der Waals surface area (Å²) in [4.78, 5) is 18.4. The maximum atomic E-state index is 11.8. The lowest BCUT2D eigenvalue weighted by molar-refractivity contribution is 0.0601. The fourth-order valence-corrected chi connectivity index (χ4v) is 2.45. The number of hydrogen-bond donors (Lipinski definition) is 1. The second-order valence-electron chi connectivity index (χ2n) is 4.89. The number of nitrogens with two attached hydrogens (primary N) is 1. The normalized spacial score (nSPS) is 16.6. The van der Waals surface area contributed by atoms with Crippen LogP contribution in [-0.2, 0) is 4.74 Å². The SMILES string of the molecule is COC(=O)c1cc(N)cnc1N1CCCCCCC1. The maximum absolute atomic E-state index is 11.8. The molecule has 1 saturated heterocycles. The standard InChI is InChI=1S/C14H21N3O2/c1-19-14(18)12-9-11(15)10-16-13(12)17-7-5-3-2-4-6-8-17/h9-10H,2-8,15H2,1H3. The van der Waals surface area contributed by atoms with Crippen LogP contribution in [0.2, 0.25) is 0 Å². The summed E-state index contributed by atoms with van der Waals surface area (Å²) in [5, 5.41) is 0. The van der Waals surface area contributed by atoms with Gasteiger partial charge in [-0.05, 0) is 18.9 Å². The van der Waals surface area contributed by atoms with Crippen LogP contribution >= 0.6 is 0 Å². The van der Waals surface area contributed by atoms with Crippen LogP contribution in [0.1, 0.15) is 42.5 Å². The molecular formula is C14H21N3O2. The van der Waals surface area contributed by atoms with Gasteiger partial charge in [0.25, 0.3) is 0 Å². The van der Waals surface area contributed by atoms with Gasteiger partial charge in [-0.1, -0.05) is 19.3 Å². The summed E-state index contributed by atoms with van der Waals surface area (Å²) in [6.45, 7) is 1.86. The Morgan fingerprint density at radius 2 is 1.89 bits per heavy atom. The molecule has 0 radical (unpaired) electrons. The molecule has 19 heavy (non-hydrogen) atoms. The molecule has 104 valence electrons. The Labute approximate surface area is 113 Å². The van der Waals surface area contributed by atoms with Crippen molar-refractivity contribution >= 4 is 17.5 Å². The van der Waals surface area contributed by atoms with Gasteiger partial charge >= 0.3 is 5.97 Å². The largest absolute Gasteiger partial charge is 0.465 e. The summed E-state index contributed by atoms with van der Waals surface area (Å²) in [6, 6.07) is 1.65. The molecule has 2 rings (SSSR count). The topological polar surface area (TPSA) is 68.5 Å². The van der Waals surface area contributed by atoms with Crippen molar-refractivity contribution in [3.05, 3.63) is 17.8 Å². The predicted molar refractivity (Wildman–Crippen MR) is 75.3 cm³/mol. The van der Waals surface area contributed by atoms with Crippen LogP contribution in [0, 0.1) is 0 Å². The molecular weight excluding hydrogens is 242 g/mol. The molecule has 0 aromatic carbocycles. The molecule has 0 unspecified atom stereocenters. The van der Waals surface area contributed by atoms with Gasteiger partial charge in [0.1, 0.15) is 11.4 Å². The van der Waals surface area contributed by atoms with Crippen molar-refractivity contribution in [2.45, 2.75) is 32.1 Å². The molecule has 1 aromatic rings. The first-order valence-electron chi connectivity index (χ1n) is 6.81. The summed E-state index contributed by atoms with van der Waals surface area (Å²) in [7, 11) is 1.38. The van der Waals surface area contributed by atoms with Crippen LogP contribution in [0.3, 0.4) is 0 Å². The van der Waals surface area contributed by atoms with Gasteiger partial charge in [-0.15, -0.1) is 0 Å². The molecule has 1 aliphatic heterocycles. The number of methoxy groups -OCH3 is 1. The average molecular weight is 263 g/mol. The summed E-state index contributed by atoms with van der Waals surface area (Å²) in [6.07, 6.45) is 7.63.